The van der Waals surface area contributed by atoms with Gasteiger partial charge in [0.2, 0.25) is 5.95 Å². The molecule has 0 atom stereocenters. The second-order valence-electron chi connectivity index (χ2n) is 3.40. The van der Waals surface area contributed by atoms with Crippen LogP contribution in [0.25, 0.3) is 11.3 Å². The number of benzene rings is 1. The van der Waals surface area contributed by atoms with Crippen LogP contribution >= 0.6 is 47.8 Å². The van der Waals surface area contributed by atoms with Crippen molar-refractivity contribution in [1.29, 1.82) is 0 Å². The number of halogens is 3. The summed E-state index contributed by atoms with van der Waals surface area (Å²) in [5.74, 6) is 0.105. The van der Waals surface area contributed by atoms with E-state index in [4.69, 9.17) is 5.73 Å². The van der Waals surface area contributed by atoms with Crippen LogP contribution < -0.4 is 11.3 Å². The van der Waals surface area contributed by atoms with Crippen molar-refractivity contribution < 1.29 is 5.11 Å². The first-order valence-corrected chi connectivity index (χ1v) is 7.01. The van der Waals surface area contributed by atoms with Gasteiger partial charge in [-0.1, -0.05) is 0 Å². The highest BCUT2D eigenvalue weighted by molar-refractivity contribution is 9.11. The van der Waals surface area contributed by atoms with E-state index >= 15 is 0 Å². The molecule has 0 aliphatic rings. The van der Waals surface area contributed by atoms with E-state index in [1.54, 1.807) is 6.07 Å². The molecule has 1 heterocycles. The molecule has 4 N–H and O–H groups in total. The van der Waals surface area contributed by atoms with Crippen molar-refractivity contribution in [3.63, 3.8) is 0 Å². The van der Waals surface area contributed by atoms with Crippen LogP contribution in [0.15, 0.2) is 30.3 Å². The molecule has 0 aliphatic carbocycles. The van der Waals surface area contributed by atoms with Gasteiger partial charge in [-0.2, -0.15) is 0 Å². The zero-order chi connectivity index (χ0) is 13.4. The summed E-state index contributed by atoms with van der Waals surface area (Å²) < 4.78 is 1.37. The van der Waals surface area contributed by atoms with Gasteiger partial charge < -0.3 is 10.8 Å². The molecule has 0 bridgehead atoms. The zero-order valence-corrected chi connectivity index (χ0v) is 13.4. The average molecular weight is 440 g/mol. The van der Waals surface area contributed by atoms with Crippen molar-refractivity contribution in [2.24, 2.45) is 0 Å². The van der Waals surface area contributed by atoms with E-state index in [9.17, 15) is 9.90 Å². The minimum atomic E-state index is -0.367. The van der Waals surface area contributed by atoms with E-state index in [0.29, 0.717) is 20.2 Å². The Kier molecular flexibility index (Phi) is 3.79. The fourth-order valence-electron chi connectivity index (χ4n) is 1.37. The third kappa shape index (κ3) is 2.45. The summed E-state index contributed by atoms with van der Waals surface area (Å²) in [6.45, 7) is 0. The van der Waals surface area contributed by atoms with Crippen molar-refractivity contribution in [3.05, 3.63) is 35.9 Å². The standard InChI is InChI=1S/C10H6Br3N3O2/c11-4-2-6(17)5(12)1-3(4)8-7(13)9(18)16-10(14)15-8/h1-2,17H,(H3,14,15,16,18). The second kappa shape index (κ2) is 5.02. The lowest BCUT2D eigenvalue weighted by atomic mass is 10.1. The van der Waals surface area contributed by atoms with E-state index < -0.39 is 0 Å². The molecule has 0 fully saturated rings. The van der Waals surface area contributed by atoms with Gasteiger partial charge >= 0.3 is 0 Å². The summed E-state index contributed by atoms with van der Waals surface area (Å²) in [5, 5.41) is 9.55. The van der Waals surface area contributed by atoms with Crippen molar-refractivity contribution in [2.45, 2.75) is 0 Å². The number of aromatic hydroxyl groups is 1. The van der Waals surface area contributed by atoms with Crippen molar-refractivity contribution >= 4 is 53.7 Å². The topological polar surface area (TPSA) is 92.0 Å². The number of aromatic nitrogens is 2. The van der Waals surface area contributed by atoms with Crippen molar-refractivity contribution in [1.82, 2.24) is 9.97 Å². The van der Waals surface area contributed by atoms with Crippen molar-refractivity contribution in [3.8, 4) is 17.0 Å². The van der Waals surface area contributed by atoms with Gasteiger partial charge in [-0.15, -0.1) is 0 Å². The highest BCUT2D eigenvalue weighted by Crippen LogP contribution is 2.37. The Morgan fingerprint density at radius 2 is 1.89 bits per heavy atom. The first-order valence-electron chi connectivity index (χ1n) is 4.64. The van der Waals surface area contributed by atoms with Crippen LogP contribution in [0.2, 0.25) is 0 Å². The van der Waals surface area contributed by atoms with E-state index in [0.717, 1.165) is 0 Å². The SMILES string of the molecule is Nc1nc(-c2cc(Br)c(O)cc2Br)c(Br)c(=O)[nH]1. The first kappa shape index (κ1) is 13.6. The third-order valence-electron chi connectivity index (χ3n) is 2.17. The third-order valence-corrected chi connectivity index (χ3v) is 4.20. The largest absolute Gasteiger partial charge is 0.507 e. The number of hydrogen-bond acceptors (Lipinski definition) is 4. The number of phenolic OH excluding ortho intramolecular Hbond substituents is 1. The Labute approximate surface area is 127 Å². The van der Waals surface area contributed by atoms with Crippen LogP contribution in [-0.4, -0.2) is 15.1 Å². The number of nitrogens with two attached hydrogens (primary N) is 1. The molecule has 0 saturated carbocycles. The molecule has 0 amide bonds. The Morgan fingerprint density at radius 1 is 1.22 bits per heavy atom. The number of H-pyrrole nitrogens is 1. The molecule has 2 aromatic rings. The fourth-order valence-corrected chi connectivity index (χ4v) is 2.64. The van der Waals surface area contributed by atoms with E-state index in [1.807, 2.05) is 0 Å². The predicted molar refractivity (Wildman–Crippen MR) is 79.5 cm³/mol. The van der Waals surface area contributed by atoms with E-state index in [-0.39, 0.29) is 21.7 Å². The summed E-state index contributed by atoms with van der Waals surface area (Å²) in [4.78, 5) is 18.1. The average Bonchev–Trinajstić information content (AvgIpc) is 2.29. The summed E-state index contributed by atoms with van der Waals surface area (Å²) in [6.07, 6.45) is 0. The molecule has 0 aliphatic heterocycles. The molecule has 1 aromatic carbocycles. The number of nitrogens with one attached hydrogen (secondary N) is 1. The molecule has 0 spiro atoms. The summed E-state index contributed by atoms with van der Waals surface area (Å²) >= 11 is 9.68. The van der Waals surface area contributed by atoms with Crippen LogP contribution in [-0.2, 0) is 0 Å². The van der Waals surface area contributed by atoms with Gasteiger partial charge in [0.25, 0.3) is 5.56 Å². The molecular formula is C10H6Br3N3O2. The molecule has 5 nitrogen and oxygen atoms in total. The van der Waals surface area contributed by atoms with Gasteiger partial charge in [0.1, 0.15) is 10.2 Å². The van der Waals surface area contributed by atoms with Crippen LogP contribution in [0.4, 0.5) is 5.95 Å². The quantitative estimate of drug-likeness (QED) is 0.637. The van der Waals surface area contributed by atoms with Crippen LogP contribution in [0.1, 0.15) is 0 Å². The number of nitrogen functional groups attached to an aromatic ring is 1. The minimum Gasteiger partial charge on any atom is -0.507 e. The number of nitrogens with zero attached hydrogens (tertiary/aromatic N) is 1. The summed E-state index contributed by atoms with van der Waals surface area (Å²) in [7, 11) is 0. The molecule has 18 heavy (non-hydrogen) atoms. The maximum atomic E-state index is 11.6. The lowest BCUT2D eigenvalue weighted by Crippen LogP contribution is -2.13. The maximum Gasteiger partial charge on any atom is 0.267 e. The molecular weight excluding hydrogens is 434 g/mol. The number of anilines is 1. The number of hydrogen-bond donors (Lipinski definition) is 3. The maximum absolute atomic E-state index is 11.6. The molecule has 8 heteroatoms. The predicted octanol–water partition coefficient (Wildman–Crippen LogP) is 3.01. The number of aromatic amines is 1. The lowest BCUT2D eigenvalue weighted by Gasteiger charge is -2.08. The Morgan fingerprint density at radius 3 is 2.56 bits per heavy atom. The Balaban J connectivity index is 2.77. The fraction of sp³-hybridized carbons (Fsp3) is 0. The Hall–Kier alpha value is -0.860. The Bertz CT molecular complexity index is 685. The molecule has 1 aromatic heterocycles. The lowest BCUT2D eigenvalue weighted by molar-refractivity contribution is 0.471. The molecule has 0 unspecified atom stereocenters. The van der Waals surface area contributed by atoms with Gasteiger partial charge in [0, 0.05) is 10.0 Å². The van der Waals surface area contributed by atoms with Crippen molar-refractivity contribution in [2.75, 3.05) is 5.73 Å². The van der Waals surface area contributed by atoms with E-state index in [2.05, 4.69) is 57.8 Å². The van der Waals surface area contributed by atoms with Crippen LogP contribution in [0, 0.1) is 0 Å². The summed E-state index contributed by atoms with van der Waals surface area (Å²) in [5.41, 5.74) is 6.17. The first-order chi connectivity index (χ1) is 8.40. The highest BCUT2D eigenvalue weighted by atomic mass is 79.9. The molecule has 0 saturated heterocycles. The number of phenols is 1. The van der Waals surface area contributed by atoms with Gasteiger partial charge in [-0.05, 0) is 59.9 Å². The highest BCUT2D eigenvalue weighted by Gasteiger charge is 2.15. The molecule has 94 valence electrons. The van der Waals surface area contributed by atoms with Gasteiger partial charge in [-0.25, -0.2) is 4.98 Å². The summed E-state index contributed by atoms with van der Waals surface area (Å²) in [6, 6.07) is 3.15. The van der Waals surface area contributed by atoms with E-state index in [1.165, 1.54) is 6.07 Å². The van der Waals surface area contributed by atoms with Gasteiger partial charge in [0.15, 0.2) is 0 Å². The zero-order valence-electron chi connectivity index (χ0n) is 8.67. The second-order valence-corrected chi connectivity index (χ2v) is 5.90. The van der Waals surface area contributed by atoms with Crippen LogP contribution in [0.5, 0.6) is 5.75 Å². The van der Waals surface area contributed by atoms with Gasteiger partial charge in [-0.3, -0.25) is 9.78 Å². The number of rotatable bonds is 1. The monoisotopic (exact) mass is 437 g/mol. The smallest absolute Gasteiger partial charge is 0.267 e. The molecule has 2 rings (SSSR count). The van der Waals surface area contributed by atoms with Crippen LogP contribution in [0.3, 0.4) is 0 Å². The molecule has 0 radical (unpaired) electrons. The normalized spacial score (nSPS) is 10.6. The minimum absolute atomic E-state index is 0.0225. The van der Waals surface area contributed by atoms with Gasteiger partial charge in [0.05, 0.1) is 10.2 Å².